The van der Waals surface area contributed by atoms with Crippen LogP contribution in [0.3, 0.4) is 0 Å². The fraction of sp³-hybridized carbons (Fsp3) is 0.765. The summed E-state index contributed by atoms with van der Waals surface area (Å²) in [5.74, 6) is -1.22. The highest BCUT2D eigenvalue weighted by Gasteiger charge is 2.57. The first kappa shape index (κ1) is 21.7. The molecule has 25 heavy (non-hydrogen) atoms. The van der Waals surface area contributed by atoms with Crippen molar-refractivity contribution in [1.82, 2.24) is 4.90 Å². The Morgan fingerprint density at radius 2 is 1.88 bits per heavy atom. The minimum Gasteiger partial charge on any atom is -0.479 e. The van der Waals surface area contributed by atoms with Gasteiger partial charge in [-0.1, -0.05) is 32.9 Å². The van der Waals surface area contributed by atoms with Crippen LogP contribution in [0.4, 0.5) is 4.79 Å². The number of hydrogen-bond acceptors (Lipinski definition) is 4. The van der Waals surface area contributed by atoms with E-state index in [0.29, 0.717) is 12.0 Å². The molecule has 144 valence electrons. The first-order chi connectivity index (χ1) is 11.3. The van der Waals surface area contributed by atoms with Gasteiger partial charge in [0.2, 0.25) is 0 Å². The lowest BCUT2D eigenvalue weighted by Crippen LogP contribution is -2.59. The zero-order valence-electron chi connectivity index (χ0n) is 16.1. The quantitative estimate of drug-likeness (QED) is 0.525. The number of nitrogens with zero attached hydrogens (tertiary/aromatic N) is 1. The number of carboxylic acid groups (broad SMARTS) is 2. The molecular weight excluding hydrogens is 342 g/mol. The maximum atomic E-state index is 12.0. The number of ether oxygens (including phenoxy) is 1. The zero-order chi connectivity index (χ0) is 19.6. The molecule has 2 N–H and O–H groups in total. The Bertz CT molecular complexity index is 542. The van der Waals surface area contributed by atoms with E-state index < -0.39 is 32.0 Å². The van der Waals surface area contributed by atoms with E-state index in [1.165, 1.54) is 7.11 Å². The van der Waals surface area contributed by atoms with Crippen LogP contribution in [0.15, 0.2) is 12.2 Å². The van der Waals surface area contributed by atoms with Gasteiger partial charge in [0.05, 0.1) is 12.7 Å². The number of likely N-dealkylation sites (tertiary alicyclic amines) is 1. The number of carbonyl (C=O) groups is 2. The summed E-state index contributed by atoms with van der Waals surface area (Å²) in [7, 11) is -0.603. The van der Waals surface area contributed by atoms with Crippen molar-refractivity contribution in [2.45, 2.75) is 63.4 Å². The Hall–Kier alpha value is -1.38. The van der Waals surface area contributed by atoms with E-state index in [2.05, 4.69) is 40.4 Å². The van der Waals surface area contributed by atoms with Gasteiger partial charge in [-0.3, -0.25) is 4.90 Å². The molecule has 8 heteroatoms. The number of aliphatic carboxylic acids is 1. The smallest absolute Gasteiger partial charge is 0.408 e. The van der Waals surface area contributed by atoms with E-state index >= 15 is 0 Å². The van der Waals surface area contributed by atoms with E-state index in [-0.39, 0.29) is 24.6 Å². The van der Waals surface area contributed by atoms with Gasteiger partial charge < -0.3 is 19.4 Å². The highest BCUT2D eigenvalue weighted by molar-refractivity contribution is 6.74. The van der Waals surface area contributed by atoms with Crippen LogP contribution in [-0.2, 0) is 14.0 Å². The lowest BCUT2D eigenvalue weighted by atomic mass is 9.86. The number of rotatable bonds is 7. The van der Waals surface area contributed by atoms with Crippen molar-refractivity contribution in [1.29, 1.82) is 0 Å². The lowest BCUT2D eigenvalue weighted by molar-refractivity contribution is -0.155. The Morgan fingerprint density at radius 3 is 2.28 bits per heavy atom. The normalized spacial score (nSPS) is 24.4. The molecule has 0 aromatic heterocycles. The summed E-state index contributed by atoms with van der Waals surface area (Å²) in [6.45, 7) is 14.8. The Balaban J connectivity index is 2.99. The van der Waals surface area contributed by atoms with Crippen molar-refractivity contribution in [3.8, 4) is 0 Å². The second kappa shape index (κ2) is 7.47. The topological polar surface area (TPSA) is 96.3 Å². The largest absolute Gasteiger partial charge is 0.479 e. The standard InChI is InChI=1S/C17H31NO6Si/c1-12(11-24-25(6,7)16(2,3)4)10-17(14(19)20)13(23-5)8-9-18(17)15(21)22/h13H,1,8-11H2,2-7H3,(H,19,20)(H,21,22)/t13-,17?/m1/s1. The van der Waals surface area contributed by atoms with Crippen molar-refractivity contribution in [2.24, 2.45) is 0 Å². The summed E-state index contributed by atoms with van der Waals surface area (Å²) in [6.07, 6.45) is -1.67. The first-order valence-corrected chi connectivity index (χ1v) is 11.3. The SMILES string of the molecule is C=C(CO[Si](C)(C)C(C)(C)C)CC1(C(=O)O)[C@H](OC)CCN1C(=O)O. The second-order valence-electron chi connectivity index (χ2n) is 8.15. The number of methoxy groups -OCH3 is 1. The first-order valence-electron chi connectivity index (χ1n) is 8.37. The summed E-state index contributed by atoms with van der Waals surface area (Å²) in [6, 6.07) is 0. The molecule has 2 atom stereocenters. The minimum atomic E-state index is -2.01. The molecule has 1 amide bonds. The summed E-state index contributed by atoms with van der Waals surface area (Å²) >= 11 is 0. The van der Waals surface area contributed by atoms with Crippen LogP contribution in [0.2, 0.25) is 18.1 Å². The van der Waals surface area contributed by atoms with Gasteiger partial charge in [0.25, 0.3) is 0 Å². The fourth-order valence-corrected chi connectivity index (χ4v) is 3.90. The van der Waals surface area contributed by atoms with Crippen molar-refractivity contribution >= 4 is 20.4 Å². The van der Waals surface area contributed by atoms with E-state index in [0.717, 1.165) is 4.90 Å². The van der Waals surface area contributed by atoms with Crippen LogP contribution in [-0.4, -0.2) is 67.4 Å². The van der Waals surface area contributed by atoms with E-state index in [9.17, 15) is 19.8 Å². The number of amides is 1. The molecule has 1 rings (SSSR count). The van der Waals surface area contributed by atoms with Gasteiger partial charge in [-0.05, 0) is 24.6 Å². The molecule has 1 heterocycles. The predicted molar refractivity (Wildman–Crippen MR) is 97.4 cm³/mol. The van der Waals surface area contributed by atoms with Gasteiger partial charge in [-0.25, -0.2) is 9.59 Å². The van der Waals surface area contributed by atoms with Crippen molar-refractivity contribution in [3.05, 3.63) is 12.2 Å². The van der Waals surface area contributed by atoms with Crippen LogP contribution < -0.4 is 0 Å². The van der Waals surface area contributed by atoms with Crippen molar-refractivity contribution in [2.75, 3.05) is 20.3 Å². The minimum absolute atomic E-state index is 0.0211. The zero-order valence-corrected chi connectivity index (χ0v) is 17.1. The molecule has 1 aliphatic heterocycles. The highest BCUT2D eigenvalue weighted by Crippen LogP contribution is 2.39. The molecule has 0 aromatic carbocycles. The Morgan fingerprint density at radius 1 is 1.32 bits per heavy atom. The molecule has 0 bridgehead atoms. The molecular formula is C17H31NO6Si. The maximum absolute atomic E-state index is 12.0. The molecule has 0 radical (unpaired) electrons. The monoisotopic (exact) mass is 373 g/mol. The third kappa shape index (κ3) is 4.24. The van der Waals surface area contributed by atoms with Gasteiger partial charge in [0, 0.05) is 20.1 Å². The molecule has 0 aliphatic carbocycles. The molecule has 1 aliphatic rings. The number of hydrogen-bond donors (Lipinski definition) is 2. The van der Waals surface area contributed by atoms with Crippen LogP contribution >= 0.6 is 0 Å². The molecule has 7 nitrogen and oxygen atoms in total. The van der Waals surface area contributed by atoms with Crippen LogP contribution in [0.5, 0.6) is 0 Å². The van der Waals surface area contributed by atoms with E-state index in [4.69, 9.17) is 9.16 Å². The average molecular weight is 374 g/mol. The molecule has 0 saturated carbocycles. The van der Waals surface area contributed by atoms with Gasteiger partial charge in [-0.2, -0.15) is 0 Å². The predicted octanol–water partition coefficient (Wildman–Crippen LogP) is 3.18. The summed E-state index contributed by atoms with van der Waals surface area (Å²) in [4.78, 5) is 24.6. The Kier molecular flexibility index (Phi) is 6.47. The molecule has 0 aromatic rings. The average Bonchev–Trinajstić information content (AvgIpc) is 2.83. The van der Waals surface area contributed by atoms with E-state index in [1.807, 2.05) is 0 Å². The molecule has 1 unspecified atom stereocenters. The third-order valence-corrected chi connectivity index (χ3v) is 9.96. The molecule has 0 spiro atoms. The second-order valence-corrected chi connectivity index (χ2v) is 13.0. The maximum Gasteiger partial charge on any atom is 0.408 e. The Labute approximate surface area is 150 Å². The fourth-order valence-electron chi connectivity index (χ4n) is 2.91. The summed E-state index contributed by atoms with van der Waals surface area (Å²) in [5, 5.41) is 19.3. The van der Waals surface area contributed by atoms with Crippen molar-refractivity contribution in [3.63, 3.8) is 0 Å². The van der Waals surface area contributed by atoms with Gasteiger partial charge in [-0.15, -0.1) is 0 Å². The number of carboxylic acids is 1. The van der Waals surface area contributed by atoms with E-state index in [1.54, 1.807) is 0 Å². The highest BCUT2D eigenvalue weighted by atomic mass is 28.4. The van der Waals surface area contributed by atoms with Crippen LogP contribution in [0.25, 0.3) is 0 Å². The molecule has 1 fully saturated rings. The third-order valence-electron chi connectivity index (χ3n) is 5.48. The molecule has 1 saturated heterocycles. The van der Waals surface area contributed by atoms with Gasteiger partial charge >= 0.3 is 12.1 Å². The lowest BCUT2D eigenvalue weighted by Gasteiger charge is -2.39. The van der Waals surface area contributed by atoms with Crippen LogP contribution in [0, 0.1) is 0 Å². The van der Waals surface area contributed by atoms with Gasteiger partial charge in [0.15, 0.2) is 13.9 Å². The van der Waals surface area contributed by atoms with Crippen LogP contribution in [0.1, 0.15) is 33.6 Å². The summed E-state index contributed by atoms with van der Waals surface area (Å²) in [5.41, 5.74) is -1.10. The summed E-state index contributed by atoms with van der Waals surface area (Å²) < 4.78 is 11.4. The van der Waals surface area contributed by atoms with Crippen molar-refractivity contribution < 1.29 is 29.0 Å². The van der Waals surface area contributed by atoms with Gasteiger partial charge in [0.1, 0.15) is 0 Å².